The van der Waals surface area contributed by atoms with Crippen LogP contribution in [0.1, 0.15) is 22.0 Å². The molecule has 3 aromatic rings. The van der Waals surface area contributed by atoms with Crippen LogP contribution in [0.3, 0.4) is 0 Å². The molecule has 8 heteroatoms. The van der Waals surface area contributed by atoms with E-state index in [0.29, 0.717) is 15.1 Å². The van der Waals surface area contributed by atoms with E-state index in [4.69, 9.17) is 11.6 Å². The summed E-state index contributed by atoms with van der Waals surface area (Å²) in [4.78, 5) is 28.0. The number of thiophene rings is 1. The number of ketones is 1. The SMILES string of the molecule is O=C1C(=O)N(Cc2cccs2)C(c2cc(Br)ccc2F)/C1=C(\O)c1ccc(Cl)cc1. The van der Waals surface area contributed by atoms with Gasteiger partial charge in [0.15, 0.2) is 0 Å². The molecule has 1 fully saturated rings. The fraction of sp³-hybridized carbons (Fsp3) is 0.0909. The first kappa shape index (κ1) is 20.8. The lowest BCUT2D eigenvalue weighted by Gasteiger charge is -2.25. The number of hydrogen-bond donors (Lipinski definition) is 1. The lowest BCUT2D eigenvalue weighted by Crippen LogP contribution is -2.29. The van der Waals surface area contributed by atoms with Gasteiger partial charge in [0.1, 0.15) is 11.6 Å². The van der Waals surface area contributed by atoms with Gasteiger partial charge in [-0.25, -0.2) is 4.39 Å². The van der Waals surface area contributed by atoms with E-state index in [9.17, 15) is 19.1 Å². The maximum Gasteiger partial charge on any atom is 0.295 e. The first-order valence-electron chi connectivity index (χ1n) is 8.88. The molecule has 1 atom stereocenters. The highest BCUT2D eigenvalue weighted by atomic mass is 79.9. The zero-order valence-electron chi connectivity index (χ0n) is 15.3. The van der Waals surface area contributed by atoms with Crippen molar-refractivity contribution in [3.05, 3.63) is 96.9 Å². The topological polar surface area (TPSA) is 57.6 Å². The zero-order chi connectivity index (χ0) is 21.4. The van der Waals surface area contributed by atoms with E-state index in [0.717, 1.165) is 4.88 Å². The van der Waals surface area contributed by atoms with Crippen molar-refractivity contribution >= 4 is 56.3 Å². The van der Waals surface area contributed by atoms with Crippen LogP contribution < -0.4 is 0 Å². The molecule has 1 aliphatic rings. The monoisotopic (exact) mass is 505 g/mol. The highest BCUT2D eigenvalue weighted by Crippen LogP contribution is 2.42. The van der Waals surface area contributed by atoms with Crippen molar-refractivity contribution in [1.29, 1.82) is 0 Å². The summed E-state index contributed by atoms with van der Waals surface area (Å²) >= 11 is 10.7. The van der Waals surface area contributed by atoms with Crippen LogP contribution in [0, 0.1) is 5.82 Å². The zero-order valence-corrected chi connectivity index (χ0v) is 18.5. The fourth-order valence-electron chi connectivity index (χ4n) is 3.42. The number of amides is 1. The molecule has 0 radical (unpaired) electrons. The molecule has 1 saturated heterocycles. The standard InChI is InChI=1S/C22H14BrClFNO3S/c23-13-5-8-17(25)16(10-13)19-18(20(27)12-3-6-14(24)7-4-12)21(28)22(29)26(19)11-15-2-1-9-30-15/h1-10,19,27H,11H2/b20-18+. The Morgan fingerprint density at radius 2 is 1.90 bits per heavy atom. The normalized spacial score (nSPS) is 18.2. The van der Waals surface area contributed by atoms with Gasteiger partial charge in [0.25, 0.3) is 11.7 Å². The van der Waals surface area contributed by atoms with E-state index in [1.165, 1.54) is 34.4 Å². The first-order valence-corrected chi connectivity index (χ1v) is 10.9. The second-order valence-electron chi connectivity index (χ2n) is 6.68. The van der Waals surface area contributed by atoms with Gasteiger partial charge >= 0.3 is 0 Å². The number of rotatable bonds is 4. The van der Waals surface area contributed by atoms with Crippen LogP contribution >= 0.6 is 38.9 Å². The summed E-state index contributed by atoms with van der Waals surface area (Å²) < 4.78 is 15.4. The maximum atomic E-state index is 14.8. The van der Waals surface area contributed by atoms with Gasteiger partial charge in [0.05, 0.1) is 18.2 Å². The molecule has 1 amide bonds. The van der Waals surface area contributed by atoms with Gasteiger partial charge in [0.2, 0.25) is 0 Å². The van der Waals surface area contributed by atoms with Crippen LogP contribution in [0.5, 0.6) is 0 Å². The number of carbonyl (C=O) groups is 2. The predicted octanol–water partition coefficient (Wildman–Crippen LogP) is 5.93. The van der Waals surface area contributed by atoms with E-state index in [1.807, 2.05) is 17.5 Å². The molecule has 1 N–H and O–H groups in total. The van der Waals surface area contributed by atoms with Crippen molar-refractivity contribution in [1.82, 2.24) is 4.90 Å². The molecule has 4 nitrogen and oxygen atoms in total. The highest BCUT2D eigenvalue weighted by Gasteiger charge is 2.47. The van der Waals surface area contributed by atoms with Gasteiger partial charge < -0.3 is 10.0 Å². The summed E-state index contributed by atoms with van der Waals surface area (Å²) in [6.45, 7) is 0.121. The van der Waals surface area contributed by atoms with Crippen LogP contribution in [0.4, 0.5) is 4.39 Å². The van der Waals surface area contributed by atoms with E-state index in [-0.39, 0.29) is 23.4 Å². The van der Waals surface area contributed by atoms with Crippen molar-refractivity contribution in [2.24, 2.45) is 0 Å². The third-order valence-corrected chi connectivity index (χ3v) is 6.42. The molecule has 1 unspecified atom stereocenters. The van der Waals surface area contributed by atoms with Crippen molar-refractivity contribution in [3.63, 3.8) is 0 Å². The lowest BCUT2D eigenvalue weighted by atomic mass is 9.95. The summed E-state index contributed by atoms with van der Waals surface area (Å²) in [6.07, 6.45) is 0. The molecule has 0 saturated carbocycles. The summed E-state index contributed by atoms with van der Waals surface area (Å²) in [7, 11) is 0. The Kier molecular flexibility index (Phi) is 5.77. The third-order valence-electron chi connectivity index (χ3n) is 4.82. The van der Waals surface area contributed by atoms with Crippen LogP contribution in [0.2, 0.25) is 5.02 Å². The molecular weight excluding hydrogens is 493 g/mol. The average molecular weight is 507 g/mol. The first-order chi connectivity index (χ1) is 14.4. The van der Waals surface area contributed by atoms with Crippen molar-refractivity contribution < 1.29 is 19.1 Å². The smallest absolute Gasteiger partial charge is 0.295 e. The number of aliphatic hydroxyl groups is 1. The van der Waals surface area contributed by atoms with Crippen LogP contribution in [-0.2, 0) is 16.1 Å². The molecule has 2 aromatic carbocycles. The molecule has 1 aliphatic heterocycles. The van der Waals surface area contributed by atoms with E-state index in [1.54, 1.807) is 24.3 Å². The number of Topliss-reactive ketones (excluding diaryl/α,β-unsaturated/α-hetero) is 1. The largest absolute Gasteiger partial charge is 0.507 e. The van der Waals surface area contributed by atoms with Gasteiger partial charge in [-0.05, 0) is 53.9 Å². The van der Waals surface area contributed by atoms with Gasteiger partial charge in [-0.3, -0.25) is 9.59 Å². The van der Waals surface area contributed by atoms with Gasteiger partial charge in [0, 0.05) is 25.5 Å². The molecule has 0 bridgehead atoms. The van der Waals surface area contributed by atoms with Crippen LogP contribution in [0.25, 0.3) is 5.76 Å². The number of nitrogens with zero attached hydrogens (tertiary/aromatic N) is 1. The summed E-state index contributed by atoms with van der Waals surface area (Å²) in [6, 6.07) is 13.1. The average Bonchev–Trinajstić information content (AvgIpc) is 3.32. The second kappa shape index (κ2) is 8.34. The number of likely N-dealkylation sites (tertiary alicyclic amines) is 1. The Hall–Kier alpha value is -2.48. The Bertz CT molecular complexity index is 1160. The molecule has 2 heterocycles. The Morgan fingerprint density at radius 3 is 2.57 bits per heavy atom. The third kappa shape index (κ3) is 3.80. The molecule has 0 aliphatic carbocycles. The van der Waals surface area contributed by atoms with E-state index in [2.05, 4.69) is 15.9 Å². The number of aliphatic hydroxyl groups excluding tert-OH is 1. The van der Waals surface area contributed by atoms with Crippen molar-refractivity contribution in [3.8, 4) is 0 Å². The Balaban J connectivity index is 1.91. The van der Waals surface area contributed by atoms with Crippen molar-refractivity contribution in [2.45, 2.75) is 12.6 Å². The molecular formula is C22H14BrClFNO3S. The van der Waals surface area contributed by atoms with E-state index >= 15 is 0 Å². The summed E-state index contributed by atoms with van der Waals surface area (Å²) in [5.41, 5.74) is 0.278. The molecule has 30 heavy (non-hydrogen) atoms. The summed E-state index contributed by atoms with van der Waals surface area (Å²) in [5, 5.41) is 13.3. The van der Waals surface area contributed by atoms with Crippen LogP contribution in [-0.4, -0.2) is 21.7 Å². The van der Waals surface area contributed by atoms with E-state index < -0.39 is 23.5 Å². The minimum Gasteiger partial charge on any atom is -0.507 e. The summed E-state index contributed by atoms with van der Waals surface area (Å²) in [5.74, 6) is -2.60. The number of carbonyl (C=O) groups excluding carboxylic acids is 2. The fourth-order valence-corrected chi connectivity index (χ4v) is 4.63. The maximum absolute atomic E-state index is 14.8. The molecule has 0 spiro atoms. The number of halogens is 3. The van der Waals surface area contributed by atoms with Gasteiger partial charge in [-0.2, -0.15) is 0 Å². The molecule has 4 rings (SSSR count). The minimum absolute atomic E-state index is 0.121. The molecule has 152 valence electrons. The molecule has 1 aromatic heterocycles. The van der Waals surface area contributed by atoms with Gasteiger partial charge in [-0.15, -0.1) is 11.3 Å². The Labute approximate surface area is 189 Å². The minimum atomic E-state index is -1.07. The van der Waals surface area contributed by atoms with Gasteiger partial charge in [-0.1, -0.05) is 33.6 Å². The highest BCUT2D eigenvalue weighted by molar-refractivity contribution is 9.10. The second-order valence-corrected chi connectivity index (χ2v) is 9.06. The quantitative estimate of drug-likeness (QED) is 0.271. The Morgan fingerprint density at radius 1 is 1.17 bits per heavy atom. The van der Waals surface area contributed by atoms with Crippen LogP contribution in [0.15, 0.2) is 70.0 Å². The predicted molar refractivity (Wildman–Crippen MR) is 118 cm³/mol. The lowest BCUT2D eigenvalue weighted by molar-refractivity contribution is -0.140. The number of hydrogen-bond acceptors (Lipinski definition) is 4. The number of benzene rings is 2. The van der Waals surface area contributed by atoms with Crippen molar-refractivity contribution in [2.75, 3.05) is 0 Å².